The SMILES string of the molecule is CCCCCCCCCc1ccc(O)c(C(=O)C(C)C)c1. The Morgan fingerprint density at radius 3 is 2.29 bits per heavy atom. The van der Waals surface area contributed by atoms with E-state index in [2.05, 4.69) is 6.92 Å². The molecule has 0 saturated heterocycles. The molecular weight excluding hydrogens is 260 g/mol. The van der Waals surface area contributed by atoms with Gasteiger partial charge in [0.2, 0.25) is 0 Å². The van der Waals surface area contributed by atoms with Gasteiger partial charge in [-0.15, -0.1) is 0 Å². The van der Waals surface area contributed by atoms with Gasteiger partial charge in [-0.3, -0.25) is 4.79 Å². The molecule has 0 aromatic heterocycles. The van der Waals surface area contributed by atoms with Crippen LogP contribution in [0, 0.1) is 5.92 Å². The van der Waals surface area contributed by atoms with E-state index in [1.54, 1.807) is 6.07 Å². The molecule has 0 amide bonds. The topological polar surface area (TPSA) is 37.3 Å². The van der Waals surface area contributed by atoms with E-state index in [9.17, 15) is 9.90 Å². The zero-order valence-corrected chi connectivity index (χ0v) is 13.8. The van der Waals surface area contributed by atoms with E-state index in [-0.39, 0.29) is 17.5 Å². The maximum absolute atomic E-state index is 12.0. The van der Waals surface area contributed by atoms with Crippen molar-refractivity contribution >= 4 is 5.78 Å². The van der Waals surface area contributed by atoms with Crippen molar-refractivity contribution in [1.29, 1.82) is 0 Å². The van der Waals surface area contributed by atoms with Crippen LogP contribution in [0.4, 0.5) is 0 Å². The van der Waals surface area contributed by atoms with Crippen molar-refractivity contribution in [1.82, 2.24) is 0 Å². The minimum Gasteiger partial charge on any atom is -0.507 e. The third-order valence-corrected chi connectivity index (χ3v) is 3.92. The Labute approximate surface area is 129 Å². The van der Waals surface area contributed by atoms with Crippen molar-refractivity contribution in [2.24, 2.45) is 5.92 Å². The van der Waals surface area contributed by atoms with Gasteiger partial charge in [-0.1, -0.05) is 65.4 Å². The summed E-state index contributed by atoms with van der Waals surface area (Å²) in [5, 5.41) is 9.83. The van der Waals surface area contributed by atoms with E-state index in [1.807, 2.05) is 26.0 Å². The monoisotopic (exact) mass is 290 g/mol. The summed E-state index contributed by atoms with van der Waals surface area (Å²) in [5.41, 5.74) is 1.64. The second kappa shape index (κ2) is 9.59. The first-order chi connectivity index (χ1) is 10.1. The average molecular weight is 290 g/mol. The van der Waals surface area contributed by atoms with E-state index >= 15 is 0 Å². The molecule has 0 heterocycles. The summed E-state index contributed by atoms with van der Waals surface area (Å²) in [7, 11) is 0. The predicted molar refractivity (Wildman–Crippen MR) is 89.0 cm³/mol. The average Bonchev–Trinajstić information content (AvgIpc) is 2.47. The van der Waals surface area contributed by atoms with Crippen LogP contribution >= 0.6 is 0 Å². The van der Waals surface area contributed by atoms with Crippen molar-refractivity contribution in [3.8, 4) is 5.75 Å². The molecule has 1 rings (SSSR count). The quantitative estimate of drug-likeness (QED) is 0.455. The Balaban J connectivity index is 2.42. The normalized spacial score (nSPS) is 11.0. The summed E-state index contributed by atoms with van der Waals surface area (Å²) in [6.07, 6.45) is 10.0. The lowest BCUT2D eigenvalue weighted by atomic mass is 9.96. The molecule has 1 aromatic rings. The molecular formula is C19H30O2. The van der Waals surface area contributed by atoms with Gasteiger partial charge in [-0.05, 0) is 30.5 Å². The number of phenolic OH excluding ortho intramolecular Hbond substituents is 1. The van der Waals surface area contributed by atoms with Gasteiger partial charge in [0.05, 0.1) is 5.56 Å². The molecule has 0 aliphatic carbocycles. The van der Waals surface area contributed by atoms with Crippen LogP contribution in [0.2, 0.25) is 0 Å². The van der Waals surface area contributed by atoms with E-state index in [4.69, 9.17) is 0 Å². The fourth-order valence-corrected chi connectivity index (χ4v) is 2.53. The second-order valence-corrected chi connectivity index (χ2v) is 6.24. The van der Waals surface area contributed by atoms with Crippen LogP contribution in [0.3, 0.4) is 0 Å². The van der Waals surface area contributed by atoms with Crippen LogP contribution in [0.15, 0.2) is 18.2 Å². The largest absolute Gasteiger partial charge is 0.507 e. The number of unbranched alkanes of at least 4 members (excludes halogenated alkanes) is 6. The number of ketones is 1. The molecule has 1 aromatic carbocycles. The highest BCUT2D eigenvalue weighted by molar-refractivity contribution is 5.99. The molecule has 0 fully saturated rings. The lowest BCUT2D eigenvalue weighted by molar-refractivity contribution is 0.0936. The number of Topliss-reactive ketones (excluding diaryl/α,β-unsaturated/α-hetero) is 1. The van der Waals surface area contributed by atoms with Gasteiger partial charge in [0, 0.05) is 5.92 Å². The van der Waals surface area contributed by atoms with Crippen LogP contribution in [0.1, 0.15) is 81.6 Å². The molecule has 0 atom stereocenters. The minimum absolute atomic E-state index is 0.0221. The molecule has 1 N–H and O–H groups in total. The molecule has 21 heavy (non-hydrogen) atoms. The lowest BCUT2D eigenvalue weighted by Gasteiger charge is -2.09. The maximum atomic E-state index is 12.0. The minimum atomic E-state index is -0.0790. The summed E-state index contributed by atoms with van der Waals surface area (Å²) in [6, 6.07) is 5.46. The van der Waals surface area contributed by atoms with Gasteiger partial charge in [0.1, 0.15) is 5.75 Å². The second-order valence-electron chi connectivity index (χ2n) is 6.24. The number of aryl methyl sites for hydroxylation is 1. The molecule has 118 valence electrons. The van der Waals surface area contributed by atoms with Crippen molar-refractivity contribution < 1.29 is 9.90 Å². The predicted octanol–water partition coefficient (Wildman–Crippen LogP) is 5.52. The number of phenols is 1. The van der Waals surface area contributed by atoms with Gasteiger partial charge in [0.15, 0.2) is 5.78 Å². The van der Waals surface area contributed by atoms with Gasteiger partial charge in [-0.25, -0.2) is 0 Å². The number of carbonyl (C=O) groups excluding carboxylic acids is 1. The maximum Gasteiger partial charge on any atom is 0.169 e. The number of carbonyl (C=O) groups is 1. The third kappa shape index (κ3) is 6.33. The highest BCUT2D eigenvalue weighted by Crippen LogP contribution is 2.23. The molecule has 0 saturated carbocycles. The number of rotatable bonds is 10. The lowest BCUT2D eigenvalue weighted by Crippen LogP contribution is -2.08. The summed E-state index contributed by atoms with van der Waals surface area (Å²) in [4.78, 5) is 12.0. The molecule has 0 radical (unpaired) electrons. The van der Waals surface area contributed by atoms with Crippen molar-refractivity contribution in [3.63, 3.8) is 0 Å². The van der Waals surface area contributed by atoms with Crippen molar-refractivity contribution in [2.75, 3.05) is 0 Å². The summed E-state index contributed by atoms with van der Waals surface area (Å²) >= 11 is 0. The fourth-order valence-electron chi connectivity index (χ4n) is 2.53. The van der Waals surface area contributed by atoms with Gasteiger partial charge < -0.3 is 5.11 Å². The molecule has 0 aliphatic heterocycles. The van der Waals surface area contributed by atoms with Crippen molar-refractivity contribution in [2.45, 2.75) is 72.1 Å². The van der Waals surface area contributed by atoms with E-state index in [0.29, 0.717) is 5.56 Å². The van der Waals surface area contributed by atoms with Gasteiger partial charge in [0.25, 0.3) is 0 Å². The van der Waals surface area contributed by atoms with Crippen LogP contribution in [-0.2, 0) is 6.42 Å². The van der Waals surface area contributed by atoms with Gasteiger partial charge in [-0.2, -0.15) is 0 Å². The molecule has 0 aliphatic rings. The number of hydrogen-bond donors (Lipinski definition) is 1. The summed E-state index contributed by atoms with van der Waals surface area (Å²) in [6.45, 7) is 5.97. The molecule has 2 nitrogen and oxygen atoms in total. The van der Waals surface area contributed by atoms with Crippen LogP contribution < -0.4 is 0 Å². The molecule has 2 heteroatoms. The molecule has 0 spiro atoms. The highest BCUT2D eigenvalue weighted by atomic mass is 16.3. The number of aromatic hydroxyl groups is 1. The fraction of sp³-hybridized carbons (Fsp3) is 0.632. The first-order valence-electron chi connectivity index (χ1n) is 8.42. The van der Waals surface area contributed by atoms with E-state index < -0.39 is 0 Å². The molecule has 0 unspecified atom stereocenters. The van der Waals surface area contributed by atoms with Crippen molar-refractivity contribution in [3.05, 3.63) is 29.3 Å². The Hall–Kier alpha value is -1.31. The van der Waals surface area contributed by atoms with Crippen LogP contribution in [0.25, 0.3) is 0 Å². The smallest absolute Gasteiger partial charge is 0.169 e. The van der Waals surface area contributed by atoms with Crippen LogP contribution in [0.5, 0.6) is 5.75 Å². The molecule has 0 bridgehead atoms. The van der Waals surface area contributed by atoms with Gasteiger partial charge >= 0.3 is 0 Å². The number of hydrogen-bond acceptors (Lipinski definition) is 2. The number of benzene rings is 1. The summed E-state index contributed by atoms with van der Waals surface area (Å²) in [5.74, 6) is 0.0515. The standard InChI is InChI=1S/C19H30O2/c1-4-5-6-7-8-9-10-11-16-12-13-18(20)17(14-16)19(21)15(2)3/h12-15,20H,4-11H2,1-3H3. The highest BCUT2D eigenvalue weighted by Gasteiger charge is 2.15. The summed E-state index contributed by atoms with van der Waals surface area (Å²) < 4.78 is 0. The van der Waals surface area contributed by atoms with Crippen LogP contribution in [-0.4, -0.2) is 10.9 Å². The zero-order valence-electron chi connectivity index (χ0n) is 13.8. The Kier molecular flexibility index (Phi) is 8.11. The Morgan fingerprint density at radius 1 is 1.05 bits per heavy atom. The van der Waals surface area contributed by atoms with E-state index in [0.717, 1.165) is 18.4 Å². The first kappa shape index (κ1) is 17.7. The zero-order chi connectivity index (χ0) is 15.7. The van der Waals surface area contributed by atoms with E-state index in [1.165, 1.54) is 38.5 Å². The Morgan fingerprint density at radius 2 is 1.67 bits per heavy atom. The first-order valence-corrected chi connectivity index (χ1v) is 8.42. The third-order valence-electron chi connectivity index (χ3n) is 3.92. The Bertz CT molecular complexity index is 435.